The van der Waals surface area contributed by atoms with E-state index in [0.717, 1.165) is 26.1 Å². The van der Waals surface area contributed by atoms with Gasteiger partial charge < -0.3 is 15.5 Å². The molecule has 0 aromatic carbocycles. The molecule has 0 spiro atoms. The lowest BCUT2D eigenvalue weighted by atomic mass is 9.96. The van der Waals surface area contributed by atoms with Crippen molar-refractivity contribution in [3.8, 4) is 0 Å². The molecule has 106 valence electrons. The molecule has 19 heavy (non-hydrogen) atoms. The lowest BCUT2D eigenvalue weighted by Gasteiger charge is -2.38. The number of rotatable bonds is 1. The number of carbonyl (C=O) groups excluding carboxylic acids is 1. The molecule has 0 aromatic rings. The molecular weight excluding hydrogens is 240 g/mol. The highest BCUT2D eigenvalue weighted by atomic mass is 16.2. The van der Waals surface area contributed by atoms with Gasteiger partial charge in [-0.05, 0) is 19.3 Å². The molecule has 5 heteroatoms. The van der Waals surface area contributed by atoms with Crippen LogP contribution < -0.4 is 5.73 Å². The third kappa shape index (κ3) is 2.69. The van der Waals surface area contributed by atoms with Gasteiger partial charge in [-0.2, -0.15) is 0 Å². The summed E-state index contributed by atoms with van der Waals surface area (Å²) in [7, 11) is 0. The lowest BCUT2D eigenvalue weighted by molar-refractivity contribution is -0.130. The Morgan fingerprint density at radius 3 is 2.74 bits per heavy atom. The molecule has 3 fully saturated rings. The minimum Gasteiger partial charge on any atom is -0.370 e. The maximum Gasteiger partial charge on any atom is 0.223 e. The quantitative estimate of drug-likeness (QED) is 0.566. The summed E-state index contributed by atoms with van der Waals surface area (Å²) in [5.74, 6) is 1.01. The molecule has 0 bridgehead atoms. The molecule has 3 rings (SSSR count). The van der Waals surface area contributed by atoms with E-state index in [9.17, 15) is 4.79 Å². The van der Waals surface area contributed by atoms with Crippen LogP contribution in [0.2, 0.25) is 0 Å². The normalized spacial score (nSPS) is 29.8. The summed E-state index contributed by atoms with van der Waals surface area (Å²) >= 11 is 0. The number of hydrogen-bond acceptors (Lipinski definition) is 2. The Morgan fingerprint density at radius 1 is 1.16 bits per heavy atom. The maximum absolute atomic E-state index is 11.6. The zero-order chi connectivity index (χ0) is 13.2. The van der Waals surface area contributed by atoms with Crippen LogP contribution in [0.1, 0.15) is 44.9 Å². The van der Waals surface area contributed by atoms with E-state index in [1.807, 2.05) is 4.90 Å². The van der Waals surface area contributed by atoms with Crippen molar-refractivity contribution in [3.63, 3.8) is 0 Å². The Balaban J connectivity index is 1.60. The fraction of sp³-hybridized carbons (Fsp3) is 0.857. The summed E-state index contributed by atoms with van der Waals surface area (Å²) in [5.41, 5.74) is 6.17. The number of guanidine groups is 1. The maximum atomic E-state index is 11.6. The van der Waals surface area contributed by atoms with E-state index in [0.29, 0.717) is 30.4 Å². The summed E-state index contributed by atoms with van der Waals surface area (Å²) in [6.45, 7) is 2.52. The Kier molecular flexibility index (Phi) is 3.62. The minimum absolute atomic E-state index is 0.312. The first kappa shape index (κ1) is 12.8. The number of fused-ring (bicyclic) bond motifs is 1. The monoisotopic (exact) mass is 264 g/mol. The predicted octanol–water partition coefficient (Wildman–Crippen LogP) is 0.940. The number of amides is 1. The fourth-order valence-corrected chi connectivity index (χ4v) is 3.55. The molecule has 2 N–H and O–H groups in total. The van der Waals surface area contributed by atoms with Gasteiger partial charge in [0.2, 0.25) is 5.91 Å². The van der Waals surface area contributed by atoms with E-state index >= 15 is 0 Å². The van der Waals surface area contributed by atoms with Crippen molar-refractivity contribution in [1.29, 1.82) is 0 Å². The Bertz CT molecular complexity index is 376. The van der Waals surface area contributed by atoms with Gasteiger partial charge in [-0.15, -0.1) is 0 Å². The van der Waals surface area contributed by atoms with Gasteiger partial charge in [0.15, 0.2) is 5.96 Å². The first-order valence-electron chi connectivity index (χ1n) is 7.62. The molecule has 1 unspecified atom stereocenters. The molecule has 3 aliphatic rings. The molecule has 0 radical (unpaired) electrons. The number of carbonyl (C=O) groups is 1. The van der Waals surface area contributed by atoms with Crippen molar-refractivity contribution in [2.45, 2.75) is 57.0 Å². The van der Waals surface area contributed by atoms with Gasteiger partial charge in [-0.3, -0.25) is 4.79 Å². The van der Waals surface area contributed by atoms with Gasteiger partial charge >= 0.3 is 0 Å². The van der Waals surface area contributed by atoms with Gasteiger partial charge in [0.1, 0.15) is 0 Å². The third-order valence-corrected chi connectivity index (χ3v) is 4.71. The van der Waals surface area contributed by atoms with Gasteiger partial charge in [-0.1, -0.05) is 19.3 Å². The average molecular weight is 264 g/mol. The number of nitrogens with zero attached hydrogens (tertiary/aromatic N) is 3. The van der Waals surface area contributed by atoms with Gasteiger partial charge in [0.25, 0.3) is 0 Å². The van der Waals surface area contributed by atoms with Crippen LogP contribution in [0.4, 0.5) is 0 Å². The smallest absolute Gasteiger partial charge is 0.223 e. The van der Waals surface area contributed by atoms with E-state index < -0.39 is 0 Å². The lowest BCUT2D eigenvalue weighted by Crippen LogP contribution is -2.55. The van der Waals surface area contributed by atoms with Crippen LogP contribution in [0.25, 0.3) is 0 Å². The summed E-state index contributed by atoms with van der Waals surface area (Å²) in [6.07, 6.45) is 7.96. The fourth-order valence-electron chi connectivity index (χ4n) is 3.55. The molecule has 2 heterocycles. The highest BCUT2D eigenvalue weighted by Crippen LogP contribution is 2.24. The van der Waals surface area contributed by atoms with E-state index in [1.54, 1.807) is 0 Å². The van der Waals surface area contributed by atoms with Gasteiger partial charge in [-0.25, -0.2) is 4.99 Å². The Labute approximate surface area is 114 Å². The zero-order valence-corrected chi connectivity index (χ0v) is 11.6. The molecule has 2 aliphatic heterocycles. The Morgan fingerprint density at radius 2 is 1.95 bits per heavy atom. The molecule has 1 atom stereocenters. The SMILES string of the molecule is NC(=NC1CCCCC1)N1CCN2C(=O)CCC2C1. The predicted molar refractivity (Wildman–Crippen MR) is 74.8 cm³/mol. The van der Waals surface area contributed by atoms with E-state index in [-0.39, 0.29) is 0 Å². The highest BCUT2D eigenvalue weighted by Gasteiger charge is 2.36. The van der Waals surface area contributed by atoms with Crippen LogP contribution in [0.5, 0.6) is 0 Å². The molecule has 5 nitrogen and oxygen atoms in total. The van der Waals surface area contributed by atoms with Crippen LogP contribution in [-0.4, -0.2) is 53.4 Å². The van der Waals surface area contributed by atoms with Gasteiger partial charge in [0, 0.05) is 32.1 Å². The third-order valence-electron chi connectivity index (χ3n) is 4.71. The van der Waals surface area contributed by atoms with E-state index in [4.69, 9.17) is 10.7 Å². The number of nitrogens with two attached hydrogens (primary N) is 1. The van der Waals surface area contributed by atoms with Gasteiger partial charge in [0.05, 0.1) is 6.04 Å². The standard InChI is InChI=1S/C14H24N4O/c15-14(16-11-4-2-1-3-5-11)17-8-9-18-12(10-17)6-7-13(18)19/h11-12H,1-10H2,(H2,15,16). The second-order valence-corrected chi connectivity index (χ2v) is 6.00. The number of aliphatic imine (C=N–C) groups is 1. The van der Waals surface area contributed by atoms with Crippen molar-refractivity contribution in [1.82, 2.24) is 9.80 Å². The molecule has 0 aromatic heterocycles. The largest absolute Gasteiger partial charge is 0.370 e. The summed E-state index contributed by atoms with van der Waals surface area (Å²) in [4.78, 5) is 20.6. The average Bonchev–Trinajstić information content (AvgIpc) is 2.81. The molecular formula is C14H24N4O. The Hall–Kier alpha value is -1.26. The minimum atomic E-state index is 0.312. The topological polar surface area (TPSA) is 61.9 Å². The van der Waals surface area contributed by atoms with E-state index in [1.165, 1.54) is 32.1 Å². The van der Waals surface area contributed by atoms with Crippen LogP contribution in [0, 0.1) is 0 Å². The van der Waals surface area contributed by atoms with E-state index in [2.05, 4.69) is 4.90 Å². The van der Waals surface area contributed by atoms with Crippen molar-refractivity contribution in [2.24, 2.45) is 10.7 Å². The molecule has 1 amide bonds. The van der Waals surface area contributed by atoms with Crippen LogP contribution in [0.3, 0.4) is 0 Å². The molecule has 2 saturated heterocycles. The summed E-state index contributed by atoms with van der Waals surface area (Å²) < 4.78 is 0. The summed E-state index contributed by atoms with van der Waals surface area (Å²) in [5, 5.41) is 0. The number of hydrogen-bond donors (Lipinski definition) is 1. The first-order valence-corrected chi connectivity index (χ1v) is 7.62. The molecule has 1 saturated carbocycles. The van der Waals surface area contributed by atoms with Crippen LogP contribution in [0.15, 0.2) is 4.99 Å². The second-order valence-electron chi connectivity index (χ2n) is 6.00. The van der Waals surface area contributed by atoms with Crippen molar-refractivity contribution >= 4 is 11.9 Å². The van der Waals surface area contributed by atoms with Crippen LogP contribution in [-0.2, 0) is 4.79 Å². The van der Waals surface area contributed by atoms with Crippen molar-refractivity contribution < 1.29 is 4.79 Å². The highest BCUT2D eigenvalue weighted by molar-refractivity contribution is 5.81. The first-order chi connectivity index (χ1) is 9.24. The zero-order valence-electron chi connectivity index (χ0n) is 11.6. The van der Waals surface area contributed by atoms with Crippen molar-refractivity contribution in [2.75, 3.05) is 19.6 Å². The number of piperazine rings is 1. The van der Waals surface area contributed by atoms with Crippen molar-refractivity contribution in [3.05, 3.63) is 0 Å². The van der Waals surface area contributed by atoms with Crippen LogP contribution >= 0.6 is 0 Å². The summed E-state index contributed by atoms with van der Waals surface area (Å²) in [6, 6.07) is 0.790. The second kappa shape index (κ2) is 5.39. The molecule has 1 aliphatic carbocycles.